The molecule has 3 rings (SSSR count). The van der Waals surface area contributed by atoms with E-state index in [2.05, 4.69) is 17.1 Å². The average Bonchev–Trinajstić information content (AvgIpc) is 2.58. The van der Waals surface area contributed by atoms with Crippen LogP contribution in [0.4, 0.5) is 0 Å². The minimum absolute atomic E-state index is 0.0429. The monoisotopic (exact) mass is 324 g/mol. The minimum Gasteiger partial charge on any atom is -0.390 e. The van der Waals surface area contributed by atoms with Crippen LogP contribution < -0.4 is 0 Å². The standard InChI is InChI=1S/C20H24N2O2/c1-20(24)10-12-22(19(23)14-18-9-5-6-11-21-18)15-17(20)13-16-7-3-2-4-8-16/h2-9,11,17,24H,10,12-15H2,1H3/t17-,20+/m0/s1. The molecule has 1 aliphatic heterocycles. The number of carbonyl (C=O) groups excluding carboxylic acids is 1. The largest absolute Gasteiger partial charge is 0.390 e. The molecule has 0 aliphatic carbocycles. The molecule has 1 saturated heterocycles. The molecule has 2 aromatic rings. The SMILES string of the molecule is C[C@@]1(O)CCN(C(=O)Cc2ccccn2)C[C@@H]1Cc1ccccc1. The molecular formula is C20H24N2O2. The first-order valence-electron chi connectivity index (χ1n) is 8.48. The van der Waals surface area contributed by atoms with Crippen LogP contribution in [0.2, 0.25) is 0 Å². The summed E-state index contributed by atoms with van der Waals surface area (Å²) in [5.41, 5.74) is 1.25. The van der Waals surface area contributed by atoms with Gasteiger partial charge in [0.2, 0.25) is 5.91 Å². The van der Waals surface area contributed by atoms with Gasteiger partial charge in [0, 0.05) is 30.9 Å². The fourth-order valence-corrected chi connectivity index (χ4v) is 3.30. The van der Waals surface area contributed by atoms with Crippen LogP contribution in [0.15, 0.2) is 54.7 Å². The molecule has 4 nitrogen and oxygen atoms in total. The highest BCUT2D eigenvalue weighted by Crippen LogP contribution is 2.30. The van der Waals surface area contributed by atoms with E-state index in [-0.39, 0.29) is 11.8 Å². The van der Waals surface area contributed by atoms with Crippen LogP contribution in [0.25, 0.3) is 0 Å². The molecular weight excluding hydrogens is 300 g/mol. The summed E-state index contributed by atoms with van der Waals surface area (Å²) < 4.78 is 0. The maximum absolute atomic E-state index is 12.6. The van der Waals surface area contributed by atoms with Crippen LogP contribution >= 0.6 is 0 Å². The number of hydrogen-bond acceptors (Lipinski definition) is 3. The maximum atomic E-state index is 12.6. The van der Waals surface area contributed by atoms with E-state index in [4.69, 9.17) is 0 Å². The van der Waals surface area contributed by atoms with Gasteiger partial charge in [0.05, 0.1) is 12.0 Å². The van der Waals surface area contributed by atoms with Gasteiger partial charge in [-0.15, -0.1) is 0 Å². The topological polar surface area (TPSA) is 53.4 Å². The van der Waals surface area contributed by atoms with Gasteiger partial charge in [-0.1, -0.05) is 36.4 Å². The quantitative estimate of drug-likeness (QED) is 0.940. The number of aromatic nitrogens is 1. The normalized spacial score (nSPS) is 23.9. The minimum atomic E-state index is -0.738. The van der Waals surface area contributed by atoms with Gasteiger partial charge in [0.1, 0.15) is 0 Å². The van der Waals surface area contributed by atoms with Crippen molar-refractivity contribution in [2.45, 2.75) is 31.8 Å². The Morgan fingerprint density at radius 3 is 2.71 bits per heavy atom. The number of pyridine rings is 1. The van der Waals surface area contributed by atoms with E-state index in [9.17, 15) is 9.90 Å². The predicted octanol–water partition coefficient (Wildman–Crippen LogP) is 2.47. The highest BCUT2D eigenvalue weighted by atomic mass is 16.3. The van der Waals surface area contributed by atoms with Crippen molar-refractivity contribution in [2.75, 3.05) is 13.1 Å². The van der Waals surface area contributed by atoms with Crippen molar-refractivity contribution in [3.8, 4) is 0 Å². The summed E-state index contributed by atoms with van der Waals surface area (Å²) in [6, 6.07) is 15.8. The predicted molar refractivity (Wildman–Crippen MR) is 93.4 cm³/mol. The summed E-state index contributed by atoms with van der Waals surface area (Å²) in [6.45, 7) is 3.08. The van der Waals surface area contributed by atoms with E-state index >= 15 is 0 Å². The highest BCUT2D eigenvalue weighted by Gasteiger charge is 2.38. The lowest BCUT2D eigenvalue weighted by atomic mass is 9.78. The van der Waals surface area contributed by atoms with Crippen LogP contribution in [0.5, 0.6) is 0 Å². The Labute approximate surface area is 143 Å². The Balaban J connectivity index is 1.67. The van der Waals surface area contributed by atoms with Gasteiger partial charge in [-0.25, -0.2) is 0 Å². The molecule has 0 radical (unpaired) electrons. The number of nitrogens with zero attached hydrogens (tertiary/aromatic N) is 2. The molecule has 1 aromatic carbocycles. The summed E-state index contributed by atoms with van der Waals surface area (Å²) in [5.74, 6) is 0.128. The molecule has 2 heterocycles. The first kappa shape index (κ1) is 16.7. The summed E-state index contributed by atoms with van der Waals surface area (Å²) in [5, 5.41) is 10.7. The Bertz CT molecular complexity index is 671. The molecule has 24 heavy (non-hydrogen) atoms. The third-order valence-corrected chi connectivity index (χ3v) is 4.94. The number of likely N-dealkylation sites (tertiary alicyclic amines) is 1. The molecule has 0 saturated carbocycles. The molecule has 0 unspecified atom stereocenters. The third-order valence-electron chi connectivity index (χ3n) is 4.94. The van der Waals surface area contributed by atoms with E-state index in [0.29, 0.717) is 25.9 Å². The van der Waals surface area contributed by atoms with Crippen molar-refractivity contribution < 1.29 is 9.90 Å². The van der Waals surface area contributed by atoms with E-state index in [0.717, 1.165) is 12.1 Å². The molecule has 1 N–H and O–H groups in total. The molecule has 0 spiro atoms. The number of aliphatic hydroxyl groups is 1. The number of benzene rings is 1. The lowest BCUT2D eigenvalue weighted by molar-refractivity contribution is -0.138. The second-order valence-electron chi connectivity index (χ2n) is 6.83. The molecule has 1 aliphatic rings. The van der Waals surface area contributed by atoms with Crippen LogP contribution in [0, 0.1) is 5.92 Å². The number of piperidine rings is 1. The van der Waals surface area contributed by atoms with E-state index in [1.165, 1.54) is 5.56 Å². The number of hydrogen-bond donors (Lipinski definition) is 1. The fourth-order valence-electron chi connectivity index (χ4n) is 3.30. The van der Waals surface area contributed by atoms with Crippen molar-refractivity contribution in [1.82, 2.24) is 9.88 Å². The van der Waals surface area contributed by atoms with Crippen molar-refractivity contribution in [1.29, 1.82) is 0 Å². The zero-order chi connectivity index (χ0) is 17.0. The Hall–Kier alpha value is -2.20. The lowest BCUT2D eigenvalue weighted by Gasteiger charge is -2.43. The zero-order valence-corrected chi connectivity index (χ0v) is 14.1. The molecule has 2 atom stereocenters. The molecule has 1 aromatic heterocycles. The molecule has 1 amide bonds. The summed E-state index contributed by atoms with van der Waals surface area (Å²) >= 11 is 0. The zero-order valence-electron chi connectivity index (χ0n) is 14.1. The van der Waals surface area contributed by atoms with E-state index in [1.54, 1.807) is 6.20 Å². The van der Waals surface area contributed by atoms with Gasteiger partial charge >= 0.3 is 0 Å². The summed E-state index contributed by atoms with van der Waals surface area (Å²) in [4.78, 5) is 18.7. The smallest absolute Gasteiger partial charge is 0.228 e. The van der Waals surface area contributed by atoms with Gasteiger partial charge in [-0.05, 0) is 37.5 Å². The Morgan fingerprint density at radius 2 is 2.00 bits per heavy atom. The van der Waals surface area contributed by atoms with E-state index in [1.807, 2.05) is 48.2 Å². The molecule has 1 fully saturated rings. The second kappa shape index (κ2) is 7.14. The maximum Gasteiger partial charge on any atom is 0.228 e. The molecule has 126 valence electrons. The first-order valence-corrected chi connectivity index (χ1v) is 8.48. The second-order valence-corrected chi connectivity index (χ2v) is 6.83. The number of carbonyl (C=O) groups is 1. The van der Waals surface area contributed by atoms with Crippen LogP contribution in [-0.2, 0) is 17.6 Å². The number of rotatable bonds is 4. The number of amides is 1. The fraction of sp³-hybridized carbons (Fsp3) is 0.400. The van der Waals surface area contributed by atoms with Crippen molar-refractivity contribution in [3.63, 3.8) is 0 Å². The molecule has 0 bridgehead atoms. The summed E-state index contributed by atoms with van der Waals surface area (Å²) in [7, 11) is 0. The molecule has 4 heteroatoms. The van der Waals surface area contributed by atoms with Gasteiger partial charge < -0.3 is 10.0 Å². The first-order chi connectivity index (χ1) is 11.5. The van der Waals surface area contributed by atoms with Gasteiger partial charge in [0.25, 0.3) is 0 Å². The van der Waals surface area contributed by atoms with Gasteiger partial charge in [-0.3, -0.25) is 9.78 Å². The van der Waals surface area contributed by atoms with Crippen LogP contribution in [0.1, 0.15) is 24.6 Å². The lowest BCUT2D eigenvalue weighted by Crippen LogP contribution is -2.53. The van der Waals surface area contributed by atoms with Crippen LogP contribution in [0.3, 0.4) is 0 Å². The van der Waals surface area contributed by atoms with E-state index < -0.39 is 5.60 Å². The van der Waals surface area contributed by atoms with Crippen molar-refractivity contribution in [2.24, 2.45) is 5.92 Å². The van der Waals surface area contributed by atoms with Crippen molar-refractivity contribution >= 4 is 5.91 Å². The Morgan fingerprint density at radius 1 is 1.25 bits per heavy atom. The highest BCUT2D eigenvalue weighted by molar-refractivity contribution is 5.78. The van der Waals surface area contributed by atoms with Gasteiger partial charge in [0.15, 0.2) is 0 Å². The Kier molecular flexibility index (Phi) is 4.95. The van der Waals surface area contributed by atoms with Gasteiger partial charge in [-0.2, -0.15) is 0 Å². The third kappa shape index (κ3) is 4.01. The average molecular weight is 324 g/mol. The van der Waals surface area contributed by atoms with Crippen molar-refractivity contribution in [3.05, 3.63) is 66.0 Å². The summed E-state index contributed by atoms with van der Waals surface area (Å²) in [6.07, 6.45) is 3.42. The van der Waals surface area contributed by atoms with Crippen LogP contribution in [-0.4, -0.2) is 39.6 Å².